The van der Waals surface area contributed by atoms with Crippen LogP contribution in [0.15, 0.2) is 54.6 Å². The molecule has 1 fully saturated rings. The molecule has 0 spiro atoms. The SMILES string of the molecule is CN1C(=O)C[C@@H](C(=O)Nc2cccc(O)c2)[C@H]1c1ccccc1. The number of amides is 2. The van der Waals surface area contributed by atoms with E-state index < -0.39 is 5.92 Å². The average Bonchev–Trinajstić information content (AvgIpc) is 2.84. The summed E-state index contributed by atoms with van der Waals surface area (Å²) >= 11 is 0. The lowest BCUT2D eigenvalue weighted by Gasteiger charge is -2.24. The van der Waals surface area contributed by atoms with Crippen molar-refractivity contribution in [2.45, 2.75) is 12.5 Å². The third-order valence-corrected chi connectivity index (χ3v) is 4.18. The largest absolute Gasteiger partial charge is 0.508 e. The summed E-state index contributed by atoms with van der Waals surface area (Å²) in [6.07, 6.45) is 0.181. The van der Waals surface area contributed by atoms with Crippen LogP contribution in [0.3, 0.4) is 0 Å². The number of anilines is 1. The van der Waals surface area contributed by atoms with E-state index in [1.54, 1.807) is 24.1 Å². The molecule has 0 radical (unpaired) electrons. The van der Waals surface area contributed by atoms with Crippen molar-refractivity contribution in [1.82, 2.24) is 4.90 Å². The molecule has 2 atom stereocenters. The van der Waals surface area contributed by atoms with Crippen molar-refractivity contribution in [2.75, 3.05) is 12.4 Å². The van der Waals surface area contributed by atoms with Gasteiger partial charge < -0.3 is 15.3 Å². The van der Waals surface area contributed by atoms with E-state index >= 15 is 0 Å². The normalized spacial score (nSPS) is 20.6. The zero-order valence-corrected chi connectivity index (χ0v) is 12.8. The Hall–Kier alpha value is -2.82. The molecule has 118 valence electrons. The van der Waals surface area contributed by atoms with Crippen LogP contribution in [0.2, 0.25) is 0 Å². The van der Waals surface area contributed by atoms with Crippen molar-refractivity contribution >= 4 is 17.5 Å². The predicted molar refractivity (Wildman–Crippen MR) is 86.8 cm³/mol. The van der Waals surface area contributed by atoms with Crippen molar-refractivity contribution in [3.8, 4) is 5.75 Å². The Morgan fingerprint density at radius 3 is 2.61 bits per heavy atom. The molecule has 1 heterocycles. The Bertz CT molecular complexity index is 730. The van der Waals surface area contributed by atoms with Crippen LogP contribution in [0.25, 0.3) is 0 Å². The summed E-state index contributed by atoms with van der Waals surface area (Å²) in [4.78, 5) is 26.3. The first kappa shape index (κ1) is 15.1. The van der Waals surface area contributed by atoms with Gasteiger partial charge in [0.1, 0.15) is 5.75 Å². The van der Waals surface area contributed by atoms with Gasteiger partial charge in [0.15, 0.2) is 0 Å². The smallest absolute Gasteiger partial charge is 0.230 e. The lowest BCUT2D eigenvalue weighted by molar-refractivity contribution is -0.127. The van der Waals surface area contributed by atoms with E-state index in [0.29, 0.717) is 5.69 Å². The number of nitrogens with zero attached hydrogens (tertiary/aromatic N) is 1. The number of carbonyl (C=O) groups excluding carboxylic acids is 2. The van der Waals surface area contributed by atoms with Crippen molar-refractivity contribution < 1.29 is 14.7 Å². The predicted octanol–water partition coefficient (Wildman–Crippen LogP) is 2.55. The monoisotopic (exact) mass is 310 g/mol. The molecule has 0 aliphatic carbocycles. The van der Waals surface area contributed by atoms with Gasteiger partial charge >= 0.3 is 0 Å². The summed E-state index contributed by atoms with van der Waals surface area (Å²) in [5.41, 5.74) is 1.46. The Morgan fingerprint density at radius 2 is 1.91 bits per heavy atom. The van der Waals surface area contributed by atoms with E-state index in [0.717, 1.165) is 5.56 Å². The molecule has 0 unspecified atom stereocenters. The van der Waals surface area contributed by atoms with Crippen LogP contribution >= 0.6 is 0 Å². The van der Waals surface area contributed by atoms with Gasteiger partial charge in [0.05, 0.1) is 12.0 Å². The molecule has 2 N–H and O–H groups in total. The van der Waals surface area contributed by atoms with E-state index in [-0.39, 0.29) is 30.0 Å². The minimum absolute atomic E-state index is 0.0464. The number of nitrogens with one attached hydrogen (secondary N) is 1. The minimum atomic E-state index is -0.461. The zero-order valence-electron chi connectivity index (χ0n) is 12.8. The number of phenols is 1. The molecule has 5 heteroatoms. The van der Waals surface area contributed by atoms with Crippen molar-refractivity contribution in [2.24, 2.45) is 5.92 Å². The molecular formula is C18H18N2O3. The topological polar surface area (TPSA) is 69.6 Å². The first-order valence-corrected chi connectivity index (χ1v) is 7.47. The maximum absolute atomic E-state index is 12.6. The maximum Gasteiger partial charge on any atom is 0.230 e. The zero-order chi connectivity index (χ0) is 16.4. The van der Waals surface area contributed by atoms with Gasteiger partial charge in [-0.05, 0) is 17.7 Å². The van der Waals surface area contributed by atoms with Crippen LogP contribution in [0.1, 0.15) is 18.0 Å². The number of benzene rings is 2. The van der Waals surface area contributed by atoms with Gasteiger partial charge in [0.25, 0.3) is 0 Å². The highest BCUT2D eigenvalue weighted by molar-refractivity contribution is 5.98. The molecule has 2 amide bonds. The number of hydrogen-bond donors (Lipinski definition) is 2. The lowest BCUT2D eigenvalue weighted by Crippen LogP contribution is -2.29. The molecule has 5 nitrogen and oxygen atoms in total. The lowest BCUT2D eigenvalue weighted by atomic mass is 9.93. The van der Waals surface area contributed by atoms with Gasteiger partial charge in [-0.1, -0.05) is 36.4 Å². The van der Waals surface area contributed by atoms with Gasteiger partial charge in [-0.15, -0.1) is 0 Å². The highest BCUT2D eigenvalue weighted by Gasteiger charge is 2.42. The fourth-order valence-corrected chi connectivity index (χ4v) is 3.03. The van der Waals surface area contributed by atoms with Crippen molar-refractivity contribution in [3.63, 3.8) is 0 Å². The Labute approximate surface area is 134 Å². The summed E-state index contributed by atoms with van der Waals surface area (Å²) in [5, 5.41) is 12.3. The van der Waals surface area contributed by atoms with E-state index in [1.807, 2.05) is 30.3 Å². The molecule has 2 aromatic rings. The molecule has 0 saturated carbocycles. The maximum atomic E-state index is 12.6. The van der Waals surface area contributed by atoms with Gasteiger partial charge in [0, 0.05) is 25.2 Å². The molecule has 1 aliphatic heterocycles. The summed E-state index contributed by atoms with van der Waals surface area (Å²) in [6.45, 7) is 0. The summed E-state index contributed by atoms with van der Waals surface area (Å²) in [6, 6.07) is 15.7. The number of rotatable bonds is 3. The van der Waals surface area contributed by atoms with E-state index in [1.165, 1.54) is 12.1 Å². The third-order valence-electron chi connectivity index (χ3n) is 4.18. The molecule has 3 rings (SSSR count). The summed E-state index contributed by atoms with van der Waals surface area (Å²) in [7, 11) is 1.72. The number of aromatic hydroxyl groups is 1. The van der Waals surface area contributed by atoms with Gasteiger partial charge in [-0.25, -0.2) is 0 Å². The van der Waals surface area contributed by atoms with E-state index in [2.05, 4.69) is 5.32 Å². The van der Waals surface area contributed by atoms with Crippen molar-refractivity contribution in [3.05, 3.63) is 60.2 Å². The van der Waals surface area contributed by atoms with Crippen LogP contribution in [-0.2, 0) is 9.59 Å². The second-order valence-electron chi connectivity index (χ2n) is 5.71. The Kier molecular flexibility index (Phi) is 4.02. The molecule has 23 heavy (non-hydrogen) atoms. The molecule has 0 aromatic heterocycles. The van der Waals surface area contributed by atoms with Crippen molar-refractivity contribution in [1.29, 1.82) is 0 Å². The highest BCUT2D eigenvalue weighted by Crippen LogP contribution is 2.37. The average molecular weight is 310 g/mol. The number of hydrogen-bond acceptors (Lipinski definition) is 3. The fraction of sp³-hybridized carbons (Fsp3) is 0.222. The molecule has 0 bridgehead atoms. The first-order valence-electron chi connectivity index (χ1n) is 7.47. The quantitative estimate of drug-likeness (QED) is 0.915. The molecule has 1 aliphatic rings. The molecular weight excluding hydrogens is 292 g/mol. The number of likely N-dealkylation sites (tertiary alicyclic amines) is 1. The Morgan fingerprint density at radius 1 is 1.17 bits per heavy atom. The molecule has 1 saturated heterocycles. The van der Waals surface area contributed by atoms with Crippen LogP contribution < -0.4 is 5.32 Å². The van der Waals surface area contributed by atoms with Gasteiger partial charge in [0.2, 0.25) is 11.8 Å². The number of carbonyl (C=O) groups is 2. The minimum Gasteiger partial charge on any atom is -0.508 e. The second-order valence-corrected chi connectivity index (χ2v) is 5.71. The number of phenolic OH excluding ortho intramolecular Hbond substituents is 1. The fourth-order valence-electron chi connectivity index (χ4n) is 3.03. The van der Waals surface area contributed by atoms with Crippen LogP contribution in [0, 0.1) is 5.92 Å². The van der Waals surface area contributed by atoms with Crippen LogP contribution in [0.4, 0.5) is 5.69 Å². The van der Waals surface area contributed by atoms with Gasteiger partial charge in [-0.3, -0.25) is 9.59 Å². The highest BCUT2D eigenvalue weighted by atomic mass is 16.3. The summed E-state index contributed by atoms with van der Waals surface area (Å²) in [5.74, 6) is -0.642. The molecule has 2 aromatic carbocycles. The van der Waals surface area contributed by atoms with E-state index in [9.17, 15) is 14.7 Å². The third kappa shape index (κ3) is 3.04. The van der Waals surface area contributed by atoms with Crippen LogP contribution in [0.5, 0.6) is 5.75 Å². The van der Waals surface area contributed by atoms with Crippen LogP contribution in [-0.4, -0.2) is 28.9 Å². The van der Waals surface area contributed by atoms with Gasteiger partial charge in [-0.2, -0.15) is 0 Å². The standard InChI is InChI=1S/C18H18N2O3/c1-20-16(22)11-15(17(20)12-6-3-2-4-7-12)18(23)19-13-8-5-9-14(21)10-13/h2-10,15,17,21H,11H2,1H3,(H,19,23)/t15-,17-/m1/s1. The first-order chi connectivity index (χ1) is 11.1. The summed E-state index contributed by atoms with van der Waals surface area (Å²) < 4.78 is 0. The Balaban J connectivity index is 1.84. The van der Waals surface area contributed by atoms with E-state index in [4.69, 9.17) is 0 Å². The second kappa shape index (κ2) is 6.12.